The summed E-state index contributed by atoms with van der Waals surface area (Å²) < 4.78 is 19.4. The fraction of sp³-hybridized carbons (Fsp3) is 0.353. The number of anilines is 1. The number of rotatable bonds is 5. The summed E-state index contributed by atoms with van der Waals surface area (Å²) in [7, 11) is 1.45. The number of amides is 3. The van der Waals surface area contributed by atoms with E-state index in [4.69, 9.17) is 4.74 Å². The Hall–Kier alpha value is -2.74. The summed E-state index contributed by atoms with van der Waals surface area (Å²) in [6.45, 7) is 4.83. The highest BCUT2D eigenvalue weighted by Gasteiger charge is 2.21. The fourth-order valence-corrected chi connectivity index (χ4v) is 2.35. The van der Waals surface area contributed by atoms with E-state index < -0.39 is 23.5 Å². The van der Waals surface area contributed by atoms with E-state index in [-0.39, 0.29) is 17.8 Å². The van der Waals surface area contributed by atoms with Crippen LogP contribution in [0.5, 0.6) is 0 Å². The van der Waals surface area contributed by atoms with E-state index >= 15 is 0 Å². The molecule has 0 aliphatic carbocycles. The van der Waals surface area contributed by atoms with Crippen molar-refractivity contribution in [3.63, 3.8) is 0 Å². The molecule has 0 unspecified atom stereocenters. The molecule has 0 bridgehead atoms. The zero-order valence-electron chi connectivity index (χ0n) is 14.0. The molecule has 1 aliphatic heterocycles. The molecule has 1 aliphatic rings. The lowest BCUT2D eigenvalue weighted by atomic mass is 10.1. The zero-order chi connectivity index (χ0) is 18.4. The van der Waals surface area contributed by atoms with E-state index in [0.717, 1.165) is 12.1 Å². The average molecular weight is 349 g/mol. The SMILES string of the molecule is C=CC(=O)N(C)CC(=O)Nc1ccc(C(=O)N2CCOCC2)c(F)c1. The van der Waals surface area contributed by atoms with Crippen molar-refractivity contribution in [3.05, 3.63) is 42.2 Å². The molecule has 1 N–H and O–H groups in total. The van der Waals surface area contributed by atoms with Crippen molar-refractivity contribution in [2.45, 2.75) is 0 Å². The molecule has 0 atom stereocenters. The van der Waals surface area contributed by atoms with Gasteiger partial charge in [-0.15, -0.1) is 0 Å². The molecule has 0 radical (unpaired) electrons. The lowest BCUT2D eigenvalue weighted by Crippen LogP contribution is -2.41. The van der Waals surface area contributed by atoms with Gasteiger partial charge < -0.3 is 19.9 Å². The monoisotopic (exact) mass is 349 g/mol. The maximum Gasteiger partial charge on any atom is 0.256 e. The first-order chi connectivity index (χ1) is 11.9. The predicted molar refractivity (Wildman–Crippen MR) is 89.6 cm³/mol. The smallest absolute Gasteiger partial charge is 0.256 e. The number of nitrogens with zero attached hydrogens (tertiary/aromatic N) is 2. The van der Waals surface area contributed by atoms with Gasteiger partial charge in [0.05, 0.1) is 25.3 Å². The molecule has 1 aromatic rings. The van der Waals surface area contributed by atoms with Crippen LogP contribution in [0.3, 0.4) is 0 Å². The number of nitrogens with one attached hydrogen (secondary N) is 1. The second-order valence-electron chi connectivity index (χ2n) is 5.55. The van der Waals surface area contributed by atoms with Gasteiger partial charge >= 0.3 is 0 Å². The number of halogens is 1. The van der Waals surface area contributed by atoms with Gasteiger partial charge in [-0.1, -0.05) is 6.58 Å². The number of ether oxygens (including phenoxy) is 1. The van der Waals surface area contributed by atoms with Crippen molar-refractivity contribution in [3.8, 4) is 0 Å². The van der Waals surface area contributed by atoms with E-state index in [1.54, 1.807) is 0 Å². The largest absolute Gasteiger partial charge is 0.378 e. The molecular weight excluding hydrogens is 329 g/mol. The van der Waals surface area contributed by atoms with Crippen LogP contribution >= 0.6 is 0 Å². The highest BCUT2D eigenvalue weighted by molar-refractivity contribution is 5.98. The Morgan fingerprint density at radius 3 is 2.64 bits per heavy atom. The van der Waals surface area contributed by atoms with E-state index in [1.165, 1.54) is 29.0 Å². The summed E-state index contributed by atoms with van der Waals surface area (Å²) in [4.78, 5) is 38.2. The van der Waals surface area contributed by atoms with Crippen LogP contribution < -0.4 is 5.32 Å². The van der Waals surface area contributed by atoms with Gasteiger partial charge in [-0.3, -0.25) is 14.4 Å². The first-order valence-electron chi connectivity index (χ1n) is 7.76. The van der Waals surface area contributed by atoms with Gasteiger partial charge in [0.1, 0.15) is 5.82 Å². The van der Waals surface area contributed by atoms with Crippen molar-refractivity contribution in [1.29, 1.82) is 0 Å². The Labute approximate surface area is 145 Å². The summed E-state index contributed by atoms with van der Waals surface area (Å²) in [5, 5.41) is 2.49. The van der Waals surface area contributed by atoms with Gasteiger partial charge in [-0.25, -0.2) is 4.39 Å². The van der Waals surface area contributed by atoms with Crippen molar-refractivity contribution in [2.24, 2.45) is 0 Å². The Morgan fingerprint density at radius 2 is 2.04 bits per heavy atom. The summed E-state index contributed by atoms with van der Waals surface area (Å²) in [5.74, 6) is -2.00. The van der Waals surface area contributed by atoms with Crippen molar-refractivity contribution in [2.75, 3.05) is 45.2 Å². The number of morpholine rings is 1. The van der Waals surface area contributed by atoms with Crippen LogP contribution in [-0.4, -0.2) is 67.4 Å². The fourth-order valence-electron chi connectivity index (χ4n) is 2.35. The minimum Gasteiger partial charge on any atom is -0.378 e. The molecule has 0 spiro atoms. The van der Waals surface area contributed by atoms with Gasteiger partial charge in [0, 0.05) is 25.8 Å². The van der Waals surface area contributed by atoms with Crippen molar-refractivity contribution >= 4 is 23.4 Å². The van der Waals surface area contributed by atoms with Crippen molar-refractivity contribution < 1.29 is 23.5 Å². The number of carbonyl (C=O) groups excluding carboxylic acids is 3. The molecule has 134 valence electrons. The molecule has 2 rings (SSSR count). The third-order valence-electron chi connectivity index (χ3n) is 3.71. The van der Waals surface area contributed by atoms with Gasteiger partial charge in [0.15, 0.2) is 0 Å². The Balaban J connectivity index is 2.01. The van der Waals surface area contributed by atoms with Crippen LogP contribution in [0.4, 0.5) is 10.1 Å². The summed E-state index contributed by atoms with van der Waals surface area (Å²) in [5.41, 5.74) is 0.152. The van der Waals surface area contributed by atoms with Gasteiger partial charge in [-0.2, -0.15) is 0 Å². The van der Waals surface area contributed by atoms with Gasteiger partial charge in [0.25, 0.3) is 5.91 Å². The molecule has 1 saturated heterocycles. The molecule has 0 saturated carbocycles. The Kier molecular flexibility index (Phi) is 6.24. The molecule has 1 heterocycles. The average Bonchev–Trinajstić information content (AvgIpc) is 2.61. The number of hydrogen-bond acceptors (Lipinski definition) is 4. The number of hydrogen-bond donors (Lipinski definition) is 1. The highest BCUT2D eigenvalue weighted by Crippen LogP contribution is 2.17. The Morgan fingerprint density at radius 1 is 1.36 bits per heavy atom. The number of benzene rings is 1. The van der Waals surface area contributed by atoms with Crippen LogP contribution in [0, 0.1) is 5.82 Å². The Bertz CT molecular complexity index is 686. The molecule has 3 amide bonds. The third kappa shape index (κ3) is 4.87. The normalized spacial score (nSPS) is 13.9. The quantitative estimate of drug-likeness (QED) is 0.801. The van der Waals surface area contributed by atoms with Gasteiger partial charge in [0.2, 0.25) is 11.8 Å². The molecule has 1 fully saturated rings. The number of likely N-dealkylation sites (N-methyl/N-ethyl adjacent to an activating group) is 1. The van der Waals surface area contributed by atoms with E-state index in [9.17, 15) is 18.8 Å². The van der Waals surface area contributed by atoms with Crippen LogP contribution in [0.1, 0.15) is 10.4 Å². The number of carbonyl (C=O) groups is 3. The summed E-state index contributed by atoms with van der Waals surface area (Å²) in [6, 6.07) is 3.87. The van der Waals surface area contributed by atoms with E-state index in [1.807, 2.05) is 0 Å². The first-order valence-corrected chi connectivity index (χ1v) is 7.76. The van der Waals surface area contributed by atoms with Crippen LogP contribution in [0.25, 0.3) is 0 Å². The second kappa shape index (κ2) is 8.39. The molecule has 7 nitrogen and oxygen atoms in total. The topological polar surface area (TPSA) is 79.0 Å². The van der Waals surface area contributed by atoms with Gasteiger partial charge in [-0.05, 0) is 24.3 Å². The maximum atomic E-state index is 14.2. The van der Waals surface area contributed by atoms with Crippen LogP contribution in [-0.2, 0) is 14.3 Å². The molecular formula is C17H20FN3O4. The minimum absolute atomic E-state index is 0.0566. The highest BCUT2D eigenvalue weighted by atomic mass is 19.1. The van der Waals surface area contributed by atoms with E-state index in [2.05, 4.69) is 11.9 Å². The first kappa shape index (κ1) is 18.6. The van der Waals surface area contributed by atoms with Crippen molar-refractivity contribution in [1.82, 2.24) is 9.80 Å². The molecule has 1 aromatic carbocycles. The molecule has 25 heavy (non-hydrogen) atoms. The predicted octanol–water partition coefficient (Wildman–Crippen LogP) is 0.881. The lowest BCUT2D eigenvalue weighted by Gasteiger charge is -2.27. The van der Waals surface area contributed by atoms with E-state index in [0.29, 0.717) is 26.3 Å². The summed E-state index contributed by atoms with van der Waals surface area (Å²) >= 11 is 0. The second-order valence-corrected chi connectivity index (χ2v) is 5.55. The van der Waals surface area contributed by atoms with Crippen LogP contribution in [0.2, 0.25) is 0 Å². The van der Waals surface area contributed by atoms with Crippen LogP contribution in [0.15, 0.2) is 30.9 Å². The lowest BCUT2D eigenvalue weighted by molar-refractivity contribution is -0.129. The minimum atomic E-state index is -0.718. The standard InChI is InChI=1S/C17H20FN3O4/c1-3-16(23)20(2)11-15(22)19-12-4-5-13(14(18)10-12)17(24)21-6-8-25-9-7-21/h3-5,10H,1,6-9,11H2,2H3,(H,19,22). The third-order valence-corrected chi connectivity index (χ3v) is 3.71. The molecule has 0 aromatic heterocycles. The zero-order valence-corrected chi connectivity index (χ0v) is 14.0. The summed E-state index contributed by atoms with van der Waals surface area (Å²) in [6.07, 6.45) is 1.10. The molecule has 8 heteroatoms. The maximum absolute atomic E-state index is 14.2.